The second-order valence-electron chi connectivity index (χ2n) is 5.04. The first-order chi connectivity index (χ1) is 7.82. The summed E-state index contributed by atoms with van der Waals surface area (Å²) in [6.45, 7) is 6.60. The topological polar surface area (TPSA) is 0 Å². The van der Waals surface area contributed by atoms with Crippen molar-refractivity contribution in [3.05, 3.63) is 34.9 Å². The zero-order valence-corrected chi connectivity index (χ0v) is 19.5. The Morgan fingerprint density at radius 2 is 0.889 bits per heavy atom. The molecule has 18 heavy (non-hydrogen) atoms. The van der Waals surface area contributed by atoms with Crippen LogP contribution in [0.4, 0.5) is 0 Å². The van der Waals surface area contributed by atoms with Crippen LogP contribution >= 0.6 is 95.6 Å². The van der Waals surface area contributed by atoms with Crippen molar-refractivity contribution in [3.63, 3.8) is 0 Å². The van der Waals surface area contributed by atoms with E-state index in [1.807, 2.05) is 0 Å². The number of halogens is 6. The van der Waals surface area contributed by atoms with Gasteiger partial charge < -0.3 is 0 Å². The molecule has 0 aliphatic heterocycles. The van der Waals surface area contributed by atoms with Crippen molar-refractivity contribution in [1.29, 1.82) is 0 Å². The van der Waals surface area contributed by atoms with Crippen LogP contribution < -0.4 is 0 Å². The lowest BCUT2D eigenvalue weighted by atomic mass is 9.85. The highest BCUT2D eigenvalue weighted by atomic mass is 80.0. The van der Waals surface area contributed by atoms with E-state index in [4.69, 9.17) is 0 Å². The van der Waals surface area contributed by atoms with E-state index in [0.717, 1.165) is 11.1 Å². The van der Waals surface area contributed by atoms with Crippen LogP contribution in [-0.2, 0) is 9.70 Å². The summed E-state index contributed by atoms with van der Waals surface area (Å²) in [5.41, 5.74) is 3.56. The van der Waals surface area contributed by atoms with E-state index in [1.54, 1.807) is 0 Å². The molecule has 0 fully saturated rings. The van der Waals surface area contributed by atoms with E-state index in [0.29, 0.717) is 0 Å². The third-order valence-electron chi connectivity index (χ3n) is 2.45. The normalized spacial score (nSPS) is 13.8. The van der Waals surface area contributed by atoms with Gasteiger partial charge in [-0.3, -0.25) is 0 Å². The van der Waals surface area contributed by atoms with E-state index in [9.17, 15) is 0 Å². The van der Waals surface area contributed by atoms with Gasteiger partial charge in [0.1, 0.15) is 0 Å². The molecule has 0 nitrogen and oxygen atoms in total. The Morgan fingerprint density at radius 1 is 0.611 bits per heavy atom. The van der Waals surface area contributed by atoms with Gasteiger partial charge in [0.2, 0.25) is 0 Å². The predicted molar refractivity (Wildman–Crippen MR) is 102 cm³/mol. The molecule has 1 aromatic rings. The smallest absolute Gasteiger partial charge is 0.0561 e. The monoisotopic (exact) mass is 630 g/mol. The highest BCUT2D eigenvalue weighted by molar-refractivity contribution is 9.39. The fraction of sp³-hybridized carbons (Fsp3) is 0.500. The van der Waals surface area contributed by atoms with Gasteiger partial charge in [0.05, 0.1) is 0 Å². The number of hydrogen-bond acceptors (Lipinski definition) is 0. The summed E-state index contributed by atoms with van der Waals surface area (Å²) >= 11 is 21.5. The molecule has 1 rings (SSSR count). The molecule has 0 spiro atoms. The summed E-state index contributed by atoms with van der Waals surface area (Å²) in [7, 11) is 0. The van der Waals surface area contributed by atoms with Crippen LogP contribution in [0.5, 0.6) is 0 Å². The van der Waals surface area contributed by atoms with Crippen molar-refractivity contribution < 1.29 is 0 Å². The maximum Gasteiger partial charge on any atom is 0.159 e. The summed E-state index contributed by atoms with van der Waals surface area (Å²) in [5, 5.41) is 0. The van der Waals surface area contributed by atoms with Crippen LogP contribution in [0.3, 0.4) is 0 Å². The standard InChI is InChI=1S/C12H12Br6/c1-10(2,3)7-4-8(11(13,14)15)6-9(5-7)12(16,17)18/h4-6H,1-3H3. The largest absolute Gasteiger partial charge is 0.159 e. The van der Waals surface area contributed by atoms with Crippen molar-refractivity contribution >= 4 is 95.6 Å². The van der Waals surface area contributed by atoms with Gasteiger partial charge in [-0.25, -0.2) is 0 Å². The van der Waals surface area contributed by atoms with Crippen molar-refractivity contribution in [2.24, 2.45) is 0 Å². The average molecular weight is 636 g/mol. The Bertz CT molecular complexity index is 354. The molecule has 1 aromatic carbocycles. The van der Waals surface area contributed by atoms with Crippen LogP contribution in [0.25, 0.3) is 0 Å². The number of alkyl halides is 6. The molecule has 0 saturated heterocycles. The zero-order chi connectivity index (χ0) is 14.4. The summed E-state index contributed by atoms with van der Waals surface area (Å²) < 4.78 is -0.831. The first-order valence-corrected chi connectivity index (χ1v) is 9.87. The van der Waals surface area contributed by atoms with Crippen molar-refractivity contribution in [3.8, 4) is 0 Å². The van der Waals surface area contributed by atoms with E-state index >= 15 is 0 Å². The first-order valence-electron chi connectivity index (χ1n) is 5.12. The van der Waals surface area contributed by atoms with Gasteiger partial charge in [0.15, 0.2) is 4.29 Å². The fourth-order valence-corrected chi connectivity index (χ4v) is 2.76. The SMILES string of the molecule is CC(C)(C)c1cc(C(Br)(Br)Br)cc(C(Br)(Br)Br)c1. The maximum absolute atomic E-state index is 3.58. The molecule has 0 aliphatic carbocycles. The number of benzene rings is 1. The molecule has 0 saturated carbocycles. The van der Waals surface area contributed by atoms with E-state index in [2.05, 4.69) is 135 Å². The Morgan fingerprint density at radius 3 is 1.11 bits per heavy atom. The van der Waals surface area contributed by atoms with Crippen molar-refractivity contribution in [1.82, 2.24) is 0 Å². The van der Waals surface area contributed by atoms with E-state index < -0.39 is 4.29 Å². The van der Waals surface area contributed by atoms with E-state index in [-0.39, 0.29) is 5.41 Å². The molecule has 0 radical (unpaired) electrons. The number of rotatable bonds is 0. The van der Waals surface area contributed by atoms with Gasteiger partial charge in [-0.1, -0.05) is 128 Å². The summed E-state index contributed by atoms with van der Waals surface area (Å²) in [5.74, 6) is 0. The molecule has 0 unspecified atom stereocenters. The highest BCUT2D eigenvalue weighted by Crippen LogP contribution is 2.50. The Kier molecular flexibility index (Phi) is 6.12. The molecule has 0 atom stereocenters. The molecule has 0 N–H and O–H groups in total. The summed E-state index contributed by atoms with van der Waals surface area (Å²) in [6, 6.07) is 6.46. The average Bonchev–Trinajstić information content (AvgIpc) is 2.13. The quantitative estimate of drug-likeness (QED) is 0.258. The predicted octanol–water partition coefficient (Wildman–Crippen LogP) is 7.57. The Balaban J connectivity index is 3.49. The third-order valence-corrected chi connectivity index (χ3v) is 5.20. The fourth-order valence-electron chi connectivity index (χ4n) is 1.39. The van der Waals surface area contributed by atoms with Gasteiger partial charge in [0.25, 0.3) is 0 Å². The third kappa shape index (κ3) is 5.14. The minimum atomic E-state index is -0.415. The molecule has 6 heteroatoms. The number of hydrogen-bond donors (Lipinski definition) is 0. The van der Waals surface area contributed by atoms with Crippen LogP contribution in [0.1, 0.15) is 37.5 Å². The van der Waals surface area contributed by atoms with E-state index in [1.165, 1.54) is 5.56 Å². The lowest BCUT2D eigenvalue weighted by Gasteiger charge is -2.25. The Hall–Kier alpha value is 2.10. The van der Waals surface area contributed by atoms with Crippen LogP contribution in [0, 0.1) is 0 Å². The molecule has 0 aliphatic rings. The lowest BCUT2D eigenvalue weighted by molar-refractivity contribution is 0.589. The molecule has 0 bridgehead atoms. The first kappa shape index (κ1) is 18.1. The van der Waals surface area contributed by atoms with Gasteiger partial charge in [-0.2, -0.15) is 0 Å². The van der Waals surface area contributed by atoms with Gasteiger partial charge >= 0.3 is 0 Å². The van der Waals surface area contributed by atoms with Crippen LogP contribution in [0.15, 0.2) is 18.2 Å². The minimum Gasteiger partial charge on any atom is -0.0561 e. The molecular formula is C12H12Br6. The van der Waals surface area contributed by atoms with Crippen molar-refractivity contribution in [2.45, 2.75) is 30.5 Å². The Labute approximate surface area is 159 Å². The molecule has 102 valence electrons. The van der Waals surface area contributed by atoms with Gasteiger partial charge in [-0.15, -0.1) is 0 Å². The van der Waals surface area contributed by atoms with Crippen LogP contribution in [-0.4, -0.2) is 0 Å². The molecule has 0 aromatic heterocycles. The molecular weight excluding hydrogens is 624 g/mol. The molecule has 0 heterocycles. The van der Waals surface area contributed by atoms with Crippen molar-refractivity contribution in [2.75, 3.05) is 0 Å². The highest BCUT2D eigenvalue weighted by Gasteiger charge is 2.29. The second-order valence-corrected chi connectivity index (χ2v) is 18.6. The molecule has 0 amide bonds. The summed E-state index contributed by atoms with van der Waals surface area (Å²) in [4.78, 5) is 0. The summed E-state index contributed by atoms with van der Waals surface area (Å²) in [6.07, 6.45) is 0. The maximum atomic E-state index is 3.58. The second kappa shape index (κ2) is 6.07. The van der Waals surface area contributed by atoms with Gasteiger partial charge in [0, 0.05) is 0 Å². The zero-order valence-electron chi connectivity index (χ0n) is 10.00. The minimum absolute atomic E-state index is 0.0846. The lowest BCUT2D eigenvalue weighted by Crippen LogP contribution is -2.15. The van der Waals surface area contributed by atoms with Crippen LogP contribution in [0.2, 0.25) is 0 Å². The van der Waals surface area contributed by atoms with Gasteiger partial charge in [-0.05, 0) is 28.2 Å².